The lowest BCUT2D eigenvalue weighted by Crippen LogP contribution is -2.30. The maximum absolute atomic E-state index is 15.1. The van der Waals surface area contributed by atoms with Crippen molar-refractivity contribution in [2.45, 2.75) is 71.1 Å². The monoisotopic (exact) mass is 430 g/mol. The molecule has 4 atom stereocenters. The minimum Gasteiger partial charge on any atom is -0.486 e. The second-order valence-electron chi connectivity index (χ2n) is 9.45. The highest BCUT2D eigenvalue weighted by molar-refractivity contribution is 5.86. The molecule has 2 aromatic carbocycles. The van der Waals surface area contributed by atoms with E-state index in [1.165, 1.54) is 38.2 Å². The normalized spacial score (nSPS) is 26.4. The molecule has 2 saturated carbocycles. The Morgan fingerprint density at radius 2 is 1.74 bits per heavy atom. The zero-order chi connectivity index (χ0) is 22.0. The van der Waals surface area contributed by atoms with Crippen LogP contribution in [0.1, 0.15) is 76.7 Å². The Hall–Kier alpha value is -1.97. The molecule has 0 saturated heterocycles. The van der Waals surface area contributed by atoms with Crippen molar-refractivity contribution in [1.29, 1.82) is 0 Å². The van der Waals surface area contributed by atoms with E-state index in [-0.39, 0.29) is 23.7 Å². The maximum atomic E-state index is 15.1. The molecule has 0 bridgehead atoms. The van der Waals surface area contributed by atoms with Gasteiger partial charge in [0.25, 0.3) is 0 Å². The lowest BCUT2D eigenvalue weighted by Gasteiger charge is -2.42. The first kappa shape index (κ1) is 22.2. The number of rotatable bonds is 6. The Kier molecular flexibility index (Phi) is 6.93. The third kappa shape index (κ3) is 4.49. The van der Waals surface area contributed by atoms with Gasteiger partial charge in [-0.15, -0.1) is 0 Å². The first-order chi connectivity index (χ1) is 15.0. The molecule has 0 heterocycles. The van der Waals surface area contributed by atoms with E-state index in [0.717, 1.165) is 31.1 Å². The van der Waals surface area contributed by atoms with Crippen molar-refractivity contribution in [3.63, 3.8) is 0 Å². The Morgan fingerprint density at radius 3 is 2.52 bits per heavy atom. The number of halogens is 3. The highest BCUT2D eigenvalue weighted by atomic mass is 19.2. The molecule has 2 aliphatic rings. The van der Waals surface area contributed by atoms with Crippen LogP contribution in [0.4, 0.5) is 13.2 Å². The standard InChI is InChI=1S/C27H33F3O/c1-3-5-13-31-23-12-11-21-16-22(25(28)27(30)24(21)26(23)29)20-10-9-18-14-17(6-4-2)7-8-19(18)15-20/h3,5,11-12,16-20H,4,6-10,13-15H2,1-2H3/b5-3+/t17?,18-,19?,20-/m1/s1. The van der Waals surface area contributed by atoms with E-state index in [0.29, 0.717) is 16.9 Å². The van der Waals surface area contributed by atoms with Crippen molar-refractivity contribution in [3.05, 3.63) is 53.4 Å². The molecule has 0 aromatic heterocycles. The number of hydrogen-bond donors (Lipinski definition) is 0. The van der Waals surface area contributed by atoms with E-state index < -0.39 is 17.5 Å². The molecule has 0 amide bonds. The van der Waals surface area contributed by atoms with Gasteiger partial charge < -0.3 is 4.74 Å². The average Bonchev–Trinajstić information content (AvgIpc) is 2.77. The van der Waals surface area contributed by atoms with E-state index >= 15 is 8.78 Å². The zero-order valence-corrected chi connectivity index (χ0v) is 18.6. The van der Waals surface area contributed by atoms with Crippen molar-refractivity contribution in [1.82, 2.24) is 0 Å². The lowest BCUT2D eigenvalue weighted by molar-refractivity contribution is 0.113. The van der Waals surface area contributed by atoms with Crippen LogP contribution in [0.3, 0.4) is 0 Å². The van der Waals surface area contributed by atoms with Crippen molar-refractivity contribution >= 4 is 10.8 Å². The van der Waals surface area contributed by atoms with Gasteiger partial charge in [-0.2, -0.15) is 0 Å². The number of allylic oxidation sites excluding steroid dienone is 1. The number of hydrogen-bond acceptors (Lipinski definition) is 1. The largest absolute Gasteiger partial charge is 0.486 e. The third-order valence-corrected chi connectivity index (χ3v) is 7.54. The van der Waals surface area contributed by atoms with Crippen LogP contribution in [0, 0.1) is 35.2 Å². The summed E-state index contributed by atoms with van der Waals surface area (Å²) in [6.45, 7) is 4.27. The molecule has 31 heavy (non-hydrogen) atoms. The molecule has 2 aromatic rings. The van der Waals surface area contributed by atoms with Gasteiger partial charge in [0.2, 0.25) is 0 Å². The Bertz CT molecular complexity index is 951. The Morgan fingerprint density at radius 1 is 0.968 bits per heavy atom. The van der Waals surface area contributed by atoms with Crippen molar-refractivity contribution < 1.29 is 17.9 Å². The minimum atomic E-state index is -1.09. The van der Waals surface area contributed by atoms with Crippen LogP contribution in [0.5, 0.6) is 5.75 Å². The van der Waals surface area contributed by atoms with Crippen molar-refractivity contribution in [2.75, 3.05) is 6.61 Å². The SMILES string of the molecule is C/C=C/COc1ccc2cc([C@@H]3CC[C@@H]4CC(CCC)CCC4C3)c(F)c(F)c2c1F. The predicted molar refractivity (Wildman–Crippen MR) is 120 cm³/mol. The highest BCUT2D eigenvalue weighted by Crippen LogP contribution is 2.49. The van der Waals surface area contributed by atoms with E-state index in [2.05, 4.69) is 6.92 Å². The number of benzene rings is 2. The molecule has 0 spiro atoms. The molecular formula is C27H33F3O. The molecule has 2 aliphatic carbocycles. The van der Waals surface area contributed by atoms with Crippen LogP contribution < -0.4 is 4.74 Å². The minimum absolute atomic E-state index is 0.0107. The topological polar surface area (TPSA) is 9.23 Å². The van der Waals surface area contributed by atoms with Gasteiger partial charge in [-0.25, -0.2) is 13.2 Å². The lowest BCUT2D eigenvalue weighted by atomic mass is 9.63. The number of fused-ring (bicyclic) bond motifs is 2. The molecule has 2 unspecified atom stereocenters. The number of ether oxygens (including phenoxy) is 1. The second-order valence-corrected chi connectivity index (χ2v) is 9.45. The van der Waals surface area contributed by atoms with Crippen LogP contribution in [0.15, 0.2) is 30.4 Å². The summed E-state index contributed by atoms with van der Waals surface area (Å²) in [4.78, 5) is 0. The van der Waals surface area contributed by atoms with E-state index in [1.54, 1.807) is 24.3 Å². The van der Waals surface area contributed by atoms with Gasteiger partial charge in [-0.05, 0) is 85.8 Å². The summed E-state index contributed by atoms with van der Waals surface area (Å²) in [7, 11) is 0. The third-order valence-electron chi connectivity index (χ3n) is 7.54. The van der Waals surface area contributed by atoms with Crippen LogP contribution in [-0.2, 0) is 0 Å². The summed E-state index contributed by atoms with van der Waals surface area (Å²) in [5.74, 6) is -0.686. The molecule has 168 valence electrons. The fraction of sp³-hybridized carbons (Fsp3) is 0.556. The van der Waals surface area contributed by atoms with E-state index in [9.17, 15) is 4.39 Å². The maximum Gasteiger partial charge on any atom is 0.175 e. The van der Waals surface area contributed by atoms with Gasteiger partial charge in [0.15, 0.2) is 23.2 Å². The summed E-state index contributed by atoms with van der Waals surface area (Å²) in [5, 5.41) is 0.0894. The first-order valence-corrected chi connectivity index (χ1v) is 11.9. The summed E-state index contributed by atoms with van der Waals surface area (Å²) < 4.78 is 50.4. The molecule has 4 heteroatoms. The first-order valence-electron chi connectivity index (χ1n) is 11.9. The van der Waals surface area contributed by atoms with Gasteiger partial charge in [0.05, 0.1) is 5.39 Å². The predicted octanol–water partition coefficient (Wildman–Crippen LogP) is 8.31. The smallest absolute Gasteiger partial charge is 0.175 e. The summed E-state index contributed by atoms with van der Waals surface area (Å²) in [6.07, 6.45) is 12.7. The van der Waals surface area contributed by atoms with Gasteiger partial charge in [0, 0.05) is 0 Å². The molecule has 0 aliphatic heterocycles. The van der Waals surface area contributed by atoms with E-state index in [1.807, 2.05) is 6.92 Å². The molecular weight excluding hydrogens is 397 g/mol. The zero-order valence-electron chi connectivity index (χ0n) is 18.6. The summed E-state index contributed by atoms with van der Waals surface area (Å²) >= 11 is 0. The molecule has 0 radical (unpaired) electrons. The Balaban J connectivity index is 1.58. The Labute approximate surface area is 183 Å². The highest BCUT2D eigenvalue weighted by Gasteiger charge is 2.37. The van der Waals surface area contributed by atoms with Gasteiger partial charge >= 0.3 is 0 Å². The van der Waals surface area contributed by atoms with Gasteiger partial charge in [-0.3, -0.25) is 0 Å². The van der Waals surface area contributed by atoms with E-state index in [4.69, 9.17) is 4.74 Å². The van der Waals surface area contributed by atoms with Crippen LogP contribution in [-0.4, -0.2) is 6.61 Å². The fourth-order valence-corrected chi connectivity index (χ4v) is 5.96. The van der Waals surface area contributed by atoms with Gasteiger partial charge in [0.1, 0.15) is 6.61 Å². The van der Waals surface area contributed by atoms with Crippen molar-refractivity contribution in [3.8, 4) is 5.75 Å². The van der Waals surface area contributed by atoms with Gasteiger partial charge in [-0.1, -0.05) is 44.4 Å². The summed E-state index contributed by atoms with van der Waals surface area (Å²) in [5.41, 5.74) is 0.418. The van der Waals surface area contributed by atoms with Crippen LogP contribution >= 0.6 is 0 Å². The van der Waals surface area contributed by atoms with Crippen molar-refractivity contribution in [2.24, 2.45) is 17.8 Å². The van der Waals surface area contributed by atoms with Crippen LogP contribution in [0.25, 0.3) is 10.8 Å². The molecule has 1 nitrogen and oxygen atoms in total. The van der Waals surface area contributed by atoms with Crippen LogP contribution in [0.2, 0.25) is 0 Å². The summed E-state index contributed by atoms with van der Waals surface area (Å²) in [6, 6.07) is 4.81. The molecule has 2 fully saturated rings. The average molecular weight is 431 g/mol. The quantitative estimate of drug-likeness (QED) is 0.419. The fourth-order valence-electron chi connectivity index (χ4n) is 5.96. The second kappa shape index (κ2) is 9.67. The molecule has 4 rings (SSSR count). The molecule has 0 N–H and O–H groups in total.